The minimum Gasteiger partial charge on any atom is -0.479 e. The number of halogens is 1. The monoisotopic (exact) mass is 301 g/mol. The predicted molar refractivity (Wildman–Crippen MR) is 54.8 cm³/mol. The third-order valence-corrected chi connectivity index (χ3v) is 2.69. The van der Waals surface area contributed by atoms with Gasteiger partial charge in [0.1, 0.15) is 0 Å². The van der Waals surface area contributed by atoms with Gasteiger partial charge in [-0.15, -0.1) is 0 Å². The maximum atomic E-state index is 10.8. The molecule has 1 atom stereocenters. The Kier molecular flexibility index (Phi) is 5.04. The largest absolute Gasteiger partial charge is 0.479 e. The number of ether oxygens (including phenoxy) is 1. The summed E-state index contributed by atoms with van der Waals surface area (Å²) in [6.07, 6.45) is 0.294. The number of hydrogen-bond acceptors (Lipinski definition) is 3. The zero-order valence-corrected chi connectivity index (χ0v) is 9.62. The first-order valence-electron chi connectivity index (χ1n) is 3.74. The lowest BCUT2D eigenvalue weighted by Gasteiger charge is -2.22. The van der Waals surface area contributed by atoms with Crippen molar-refractivity contribution >= 4 is 34.7 Å². The highest BCUT2D eigenvalue weighted by Gasteiger charge is 2.36. The zero-order valence-electron chi connectivity index (χ0n) is 7.46. The molecule has 0 spiro atoms. The third-order valence-electron chi connectivity index (χ3n) is 1.42. The molecular weight excluding hydrogens is 289 g/mol. The third kappa shape index (κ3) is 3.79. The molecule has 1 amide bonds. The lowest BCUT2D eigenvalue weighted by Crippen LogP contribution is -2.49. The second-order valence-electron chi connectivity index (χ2n) is 2.47. The lowest BCUT2D eigenvalue weighted by molar-refractivity contribution is -0.140. The van der Waals surface area contributed by atoms with Crippen LogP contribution in [-0.2, 0) is 9.53 Å². The predicted octanol–water partition coefficient (Wildman–Crippen LogP) is 1.36. The van der Waals surface area contributed by atoms with Crippen LogP contribution in [-0.4, -0.2) is 27.8 Å². The van der Waals surface area contributed by atoms with Gasteiger partial charge in [0.15, 0.2) is 3.55 Å². The van der Waals surface area contributed by atoms with Gasteiger partial charge in [-0.25, -0.2) is 9.59 Å². The summed E-state index contributed by atoms with van der Waals surface area (Å²) in [5.41, 5.74) is 0. The van der Waals surface area contributed by atoms with Crippen LogP contribution < -0.4 is 5.32 Å². The minimum atomic E-state index is -1.26. The van der Waals surface area contributed by atoms with Gasteiger partial charge in [0.05, 0.1) is 7.11 Å². The van der Waals surface area contributed by atoms with E-state index >= 15 is 0 Å². The van der Waals surface area contributed by atoms with Crippen LogP contribution >= 0.6 is 22.6 Å². The SMILES string of the molecule is CCCC(I)(NC(=O)OC)C(=O)O. The molecule has 0 aromatic rings. The first-order chi connectivity index (χ1) is 5.96. The molecule has 13 heavy (non-hydrogen) atoms. The number of alkyl carbamates (subject to hydrolysis) is 1. The van der Waals surface area contributed by atoms with Gasteiger partial charge in [-0.05, 0) is 29.0 Å². The van der Waals surface area contributed by atoms with Crippen molar-refractivity contribution in [3.8, 4) is 0 Å². The van der Waals surface area contributed by atoms with E-state index < -0.39 is 15.6 Å². The number of carbonyl (C=O) groups excluding carboxylic acids is 1. The van der Waals surface area contributed by atoms with Crippen molar-refractivity contribution in [2.45, 2.75) is 23.3 Å². The van der Waals surface area contributed by atoms with Crippen molar-refractivity contribution in [3.63, 3.8) is 0 Å². The number of carboxylic acid groups (broad SMARTS) is 1. The standard InChI is InChI=1S/C7H12INO4/c1-3-4-7(8,5(10)11)9-6(12)13-2/h3-4H2,1-2H3,(H,9,12)(H,10,11). The molecular formula is C7H12INO4. The summed E-state index contributed by atoms with van der Waals surface area (Å²) in [4.78, 5) is 21.6. The minimum absolute atomic E-state index is 0.359. The number of carboxylic acids is 1. The van der Waals surface area contributed by atoms with Crippen LogP contribution in [0, 0.1) is 0 Å². The maximum absolute atomic E-state index is 10.8. The van der Waals surface area contributed by atoms with Gasteiger partial charge in [0.25, 0.3) is 0 Å². The molecule has 0 saturated heterocycles. The summed E-state index contributed by atoms with van der Waals surface area (Å²) in [7, 11) is 1.19. The normalized spacial score (nSPS) is 14.4. The van der Waals surface area contributed by atoms with E-state index in [1.165, 1.54) is 7.11 Å². The average molecular weight is 301 g/mol. The summed E-state index contributed by atoms with van der Waals surface area (Å²) >= 11 is 1.69. The van der Waals surface area contributed by atoms with Gasteiger partial charge in [-0.2, -0.15) is 0 Å². The molecule has 0 bridgehead atoms. The van der Waals surface area contributed by atoms with Crippen molar-refractivity contribution in [1.29, 1.82) is 0 Å². The Morgan fingerprint density at radius 2 is 2.15 bits per heavy atom. The van der Waals surface area contributed by atoms with Gasteiger partial charge >= 0.3 is 12.1 Å². The fourth-order valence-corrected chi connectivity index (χ4v) is 1.54. The van der Waals surface area contributed by atoms with Crippen LogP contribution in [0.25, 0.3) is 0 Å². The van der Waals surface area contributed by atoms with Gasteiger partial charge in [-0.3, -0.25) is 5.32 Å². The molecule has 6 heteroatoms. The average Bonchev–Trinajstić information content (AvgIpc) is 2.04. The number of carbonyl (C=O) groups is 2. The first kappa shape index (κ1) is 12.5. The summed E-state index contributed by atoms with van der Waals surface area (Å²) in [5.74, 6) is -1.07. The summed E-state index contributed by atoms with van der Waals surface area (Å²) in [5, 5.41) is 11.1. The van der Waals surface area contributed by atoms with E-state index in [-0.39, 0.29) is 0 Å². The molecule has 0 aliphatic carbocycles. The lowest BCUT2D eigenvalue weighted by atomic mass is 10.2. The van der Waals surface area contributed by atoms with E-state index in [0.29, 0.717) is 12.8 Å². The maximum Gasteiger partial charge on any atom is 0.408 e. The molecule has 0 radical (unpaired) electrons. The molecule has 0 fully saturated rings. The molecule has 76 valence electrons. The molecule has 0 aromatic heterocycles. The number of amides is 1. The van der Waals surface area contributed by atoms with Gasteiger partial charge < -0.3 is 9.84 Å². The van der Waals surface area contributed by atoms with Crippen molar-refractivity contribution < 1.29 is 19.4 Å². The number of nitrogens with one attached hydrogen (secondary N) is 1. The number of methoxy groups -OCH3 is 1. The van der Waals surface area contributed by atoms with E-state index in [9.17, 15) is 9.59 Å². The Morgan fingerprint density at radius 1 is 1.62 bits per heavy atom. The topological polar surface area (TPSA) is 75.6 Å². The first-order valence-corrected chi connectivity index (χ1v) is 4.82. The van der Waals surface area contributed by atoms with Crippen LogP contribution in [0.3, 0.4) is 0 Å². The molecule has 1 unspecified atom stereocenters. The molecule has 0 aliphatic rings. The Labute approximate surface area is 90.0 Å². The summed E-state index contributed by atoms with van der Waals surface area (Å²) in [6.45, 7) is 1.84. The van der Waals surface area contributed by atoms with Crippen LogP contribution in [0.1, 0.15) is 19.8 Å². The molecule has 0 rings (SSSR count). The summed E-state index contributed by atoms with van der Waals surface area (Å²) in [6, 6.07) is 0. The van der Waals surface area contributed by atoms with Gasteiger partial charge in [0.2, 0.25) is 0 Å². The Balaban J connectivity index is 4.41. The van der Waals surface area contributed by atoms with Crippen molar-refractivity contribution in [2.24, 2.45) is 0 Å². The quantitative estimate of drug-likeness (QED) is 0.467. The van der Waals surface area contributed by atoms with Crippen LogP contribution in [0.4, 0.5) is 4.79 Å². The smallest absolute Gasteiger partial charge is 0.408 e. The highest BCUT2D eigenvalue weighted by molar-refractivity contribution is 14.1. The second-order valence-corrected chi connectivity index (χ2v) is 4.31. The second kappa shape index (κ2) is 5.25. The van der Waals surface area contributed by atoms with E-state index in [0.717, 1.165) is 0 Å². The van der Waals surface area contributed by atoms with Crippen LogP contribution in [0.2, 0.25) is 0 Å². The fraction of sp³-hybridized carbons (Fsp3) is 0.714. The zero-order chi connectivity index (χ0) is 10.5. The number of rotatable bonds is 4. The Morgan fingerprint density at radius 3 is 2.46 bits per heavy atom. The van der Waals surface area contributed by atoms with Gasteiger partial charge in [0, 0.05) is 0 Å². The molecule has 0 saturated carbocycles. The summed E-state index contributed by atoms with van der Waals surface area (Å²) < 4.78 is 3.06. The molecule has 0 heterocycles. The number of hydrogen-bond donors (Lipinski definition) is 2. The van der Waals surface area contributed by atoms with E-state index in [1.54, 1.807) is 22.6 Å². The van der Waals surface area contributed by atoms with Crippen molar-refractivity contribution in [2.75, 3.05) is 7.11 Å². The van der Waals surface area contributed by atoms with E-state index in [1.807, 2.05) is 6.92 Å². The van der Waals surface area contributed by atoms with Crippen molar-refractivity contribution in [1.82, 2.24) is 5.32 Å². The Bertz CT molecular complexity index is 209. The molecule has 0 aliphatic heterocycles. The fourth-order valence-electron chi connectivity index (χ4n) is 0.780. The highest BCUT2D eigenvalue weighted by Crippen LogP contribution is 2.22. The van der Waals surface area contributed by atoms with Crippen LogP contribution in [0.5, 0.6) is 0 Å². The van der Waals surface area contributed by atoms with E-state index in [4.69, 9.17) is 5.11 Å². The molecule has 0 aromatic carbocycles. The number of alkyl halides is 1. The van der Waals surface area contributed by atoms with Crippen LogP contribution in [0.15, 0.2) is 0 Å². The highest BCUT2D eigenvalue weighted by atomic mass is 127. The van der Waals surface area contributed by atoms with E-state index in [2.05, 4.69) is 10.1 Å². The van der Waals surface area contributed by atoms with Crippen molar-refractivity contribution in [3.05, 3.63) is 0 Å². The molecule has 5 nitrogen and oxygen atoms in total. The molecule has 2 N–H and O–H groups in total. The number of aliphatic carboxylic acids is 1. The Hall–Kier alpha value is -0.530. The van der Waals surface area contributed by atoms with Gasteiger partial charge in [-0.1, -0.05) is 13.3 Å².